The monoisotopic (exact) mass is 477 g/mol. The van der Waals surface area contributed by atoms with E-state index in [1.54, 1.807) is 18.0 Å². The standard InChI is InChI=1S/C24H35N3O5S/c1-26-18-20(9-10-21(28)17-19-7-4-3-5-8-19)27(23(26)30)16-6-12-24(14-15-24)13-11-22(29)25-33(2,31)32/h3-5,7-10,20-21,28H,6,11-18H2,1-2H3,(H,25,29)/t20-,21?/m0/s1. The summed E-state index contributed by atoms with van der Waals surface area (Å²) in [5.41, 5.74) is 1.15. The molecule has 0 bridgehead atoms. The van der Waals surface area contributed by atoms with Gasteiger partial charge in [0.15, 0.2) is 0 Å². The van der Waals surface area contributed by atoms with Gasteiger partial charge in [0, 0.05) is 33.0 Å². The van der Waals surface area contributed by atoms with E-state index in [2.05, 4.69) is 0 Å². The van der Waals surface area contributed by atoms with Crippen molar-refractivity contribution in [2.75, 3.05) is 26.4 Å². The zero-order chi connectivity index (χ0) is 24.1. The average Bonchev–Trinajstić information content (AvgIpc) is 3.46. The highest BCUT2D eigenvalue weighted by Crippen LogP contribution is 2.53. The van der Waals surface area contributed by atoms with Gasteiger partial charge in [-0.25, -0.2) is 13.2 Å². The van der Waals surface area contributed by atoms with Gasteiger partial charge in [-0.1, -0.05) is 42.5 Å². The van der Waals surface area contributed by atoms with E-state index in [0.717, 1.165) is 37.5 Å². The number of rotatable bonds is 12. The number of hydrogen-bond donors (Lipinski definition) is 2. The van der Waals surface area contributed by atoms with E-state index in [1.807, 2.05) is 46.0 Å². The number of aliphatic hydroxyl groups excluding tert-OH is 1. The largest absolute Gasteiger partial charge is 0.389 e. The molecule has 1 aliphatic carbocycles. The highest BCUT2D eigenvalue weighted by molar-refractivity contribution is 7.89. The lowest BCUT2D eigenvalue weighted by molar-refractivity contribution is -0.119. The van der Waals surface area contributed by atoms with Crippen LogP contribution >= 0.6 is 0 Å². The van der Waals surface area contributed by atoms with Crippen LogP contribution in [0.3, 0.4) is 0 Å². The Labute approximate surface area is 196 Å². The van der Waals surface area contributed by atoms with Crippen molar-refractivity contribution in [2.45, 2.75) is 57.1 Å². The van der Waals surface area contributed by atoms with Crippen LogP contribution in [-0.2, 0) is 21.2 Å². The maximum Gasteiger partial charge on any atom is 0.320 e. The molecule has 3 amide bonds. The number of nitrogens with zero attached hydrogens (tertiary/aromatic N) is 2. The molecule has 2 aliphatic rings. The molecule has 8 nitrogen and oxygen atoms in total. The van der Waals surface area contributed by atoms with Crippen LogP contribution in [-0.4, -0.2) is 73.8 Å². The van der Waals surface area contributed by atoms with E-state index in [1.165, 1.54) is 0 Å². The Bertz CT molecular complexity index is 960. The Morgan fingerprint density at radius 3 is 2.61 bits per heavy atom. The predicted octanol–water partition coefficient (Wildman–Crippen LogP) is 2.30. The third-order valence-corrected chi connectivity index (χ3v) is 7.12. The fourth-order valence-electron chi connectivity index (χ4n) is 4.49. The van der Waals surface area contributed by atoms with Gasteiger partial charge in [0.05, 0.1) is 18.4 Å². The van der Waals surface area contributed by atoms with Crippen LogP contribution in [0.1, 0.15) is 44.1 Å². The number of carbonyl (C=O) groups excluding carboxylic acids is 2. The fraction of sp³-hybridized carbons (Fsp3) is 0.583. The SMILES string of the molecule is CN1C[C@H](C=CC(O)Cc2ccccc2)N(CCCC2(CCC(=O)NS(C)(=O)=O)CC2)C1=O. The molecule has 1 aromatic rings. The predicted molar refractivity (Wildman–Crippen MR) is 127 cm³/mol. The number of benzene rings is 1. The van der Waals surface area contributed by atoms with Gasteiger partial charge in [0.1, 0.15) is 0 Å². The van der Waals surface area contributed by atoms with Crippen LogP contribution in [0.2, 0.25) is 0 Å². The Kier molecular flexibility index (Phi) is 8.18. The molecule has 3 rings (SSSR count). The maximum atomic E-state index is 12.6. The first-order valence-corrected chi connectivity index (χ1v) is 13.4. The van der Waals surface area contributed by atoms with E-state index in [4.69, 9.17) is 0 Å². The van der Waals surface area contributed by atoms with Crippen molar-refractivity contribution in [3.05, 3.63) is 48.0 Å². The molecule has 1 heterocycles. The molecule has 1 aromatic carbocycles. The van der Waals surface area contributed by atoms with Gasteiger partial charge >= 0.3 is 6.03 Å². The number of likely N-dealkylation sites (N-methyl/N-ethyl adjacent to an activating group) is 1. The number of hydrogen-bond acceptors (Lipinski definition) is 5. The van der Waals surface area contributed by atoms with Crippen molar-refractivity contribution in [3.63, 3.8) is 0 Å². The lowest BCUT2D eigenvalue weighted by atomic mass is 9.94. The number of amides is 3. The molecule has 2 fully saturated rings. The number of nitrogens with one attached hydrogen (secondary N) is 1. The molecule has 0 aromatic heterocycles. The Morgan fingerprint density at radius 1 is 1.27 bits per heavy atom. The lowest BCUT2D eigenvalue weighted by Crippen LogP contribution is -2.34. The van der Waals surface area contributed by atoms with Gasteiger partial charge in [-0.05, 0) is 43.1 Å². The summed E-state index contributed by atoms with van der Waals surface area (Å²) < 4.78 is 24.4. The first kappa shape index (κ1) is 25.2. The quantitative estimate of drug-likeness (QED) is 0.449. The molecule has 9 heteroatoms. The van der Waals surface area contributed by atoms with Crippen molar-refractivity contribution in [1.29, 1.82) is 0 Å². The van der Waals surface area contributed by atoms with Crippen LogP contribution in [0.25, 0.3) is 0 Å². The summed E-state index contributed by atoms with van der Waals surface area (Å²) in [6.45, 7) is 1.20. The topological polar surface area (TPSA) is 107 Å². The molecule has 2 N–H and O–H groups in total. The van der Waals surface area contributed by atoms with Gasteiger partial charge in [-0.15, -0.1) is 0 Å². The van der Waals surface area contributed by atoms with Gasteiger partial charge in [0.25, 0.3) is 0 Å². The molecular weight excluding hydrogens is 442 g/mol. The highest BCUT2D eigenvalue weighted by Gasteiger charge is 2.42. The molecule has 2 atom stereocenters. The van der Waals surface area contributed by atoms with Gasteiger partial charge in [0.2, 0.25) is 15.9 Å². The molecule has 182 valence electrons. The molecule has 1 saturated carbocycles. The molecule has 0 spiro atoms. The van der Waals surface area contributed by atoms with Gasteiger partial charge < -0.3 is 14.9 Å². The molecular formula is C24H35N3O5S. The van der Waals surface area contributed by atoms with E-state index in [0.29, 0.717) is 25.9 Å². The zero-order valence-electron chi connectivity index (χ0n) is 19.4. The van der Waals surface area contributed by atoms with E-state index in [-0.39, 0.29) is 23.9 Å². The number of aliphatic hydroxyl groups is 1. The molecule has 1 saturated heterocycles. The summed E-state index contributed by atoms with van der Waals surface area (Å²) in [6.07, 6.45) is 9.26. The second-order valence-corrected chi connectivity index (χ2v) is 11.2. The van der Waals surface area contributed by atoms with Crippen molar-refractivity contribution < 1.29 is 23.1 Å². The number of sulfonamides is 1. The minimum absolute atomic E-state index is 0.0143. The smallest absolute Gasteiger partial charge is 0.320 e. The third kappa shape index (κ3) is 7.85. The molecule has 33 heavy (non-hydrogen) atoms. The van der Waals surface area contributed by atoms with E-state index in [9.17, 15) is 23.1 Å². The molecule has 0 radical (unpaired) electrons. The summed E-state index contributed by atoms with van der Waals surface area (Å²) >= 11 is 0. The summed E-state index contributed by atoms with van der Waals surface area (Å²) in [6, 6.07) is 9.71. The summed E-state index contributed by atoms with van der Waals surface area (Å²) in [5, 5.41) is 10.4. The second-order valence-electron chi connectivity index (χ2n) is 9.47. The summed E-state index contributed by atoms with van der Waals surface area (Å²) in [4.78, 5) is 28.0. The first-order chi connectivity index (χ1) is 15.6. The van der Waals surface area contributed by atoms with Gasteiger partial charge in [-0.3, -0.25) is 9.52 Å². The van der Waals surface area contributed by atoms with Crippen LogP contribution in [0.15, 0.2) is 42.5 Å². The maximum absolute atomic E-state index is 12.6. The summed E-state index contributed by atoms with van der Waals surface area (Å²) in [5.74, 6) is -0.459. The Balaban J connectivity index is 1.47. The van der Waals surface area contributed by atoms with Crippen LogP contribution in [0.4, 0.5) is 4.79 Å². The Morgan fingerprint density at radius 2 is 1.97 bits per heavy atom. The zero-order valence-corrected chi connectivity index (χ0v) is 20.3. The third-order valence-electron chi connectivity index (χ3n) is 6.52. The highest BCUT2D eigenvalue weighted by atomic mass is 32.2. The normalized spacial score (nSPS) is 20.9. The van der Waals surface area contributed by atoms with Gasteiger partial charge in [-0.2, -0.15) is 0 Å². The minimum Gasteiger partial charge on any atom is -0.389 e. The lowest BCUT2D eigenvalue weighted by Gasteiger charge is -2.23. The van der Waals surface area contributed by atoms with Crippen molar-refractivity contribution in [2.24, 2.45) is 5.41 Å². The van der Waals surface area contributed by atoms with E-state index >= 15 is 0 Å². The summed E-state index contributed by atoms with van der Waals surface area (Å²) in [7, 11) is -1.73. The van der Waals surface area contributed by atoms with Crippen molar-refractivity contribution in [3.8, 4) is 0 Å². The Hall–Kier alpha value is -2.39. The number of carbonyl (C=O) groups is 2. The van der Waals surface area contributed by atoms with Crippen molar-refractivity contribution >= 4 is 22.0 Å². The second kappa shape index (κ2) is 10.7. The van der Waals surface area contributed by atoms with E-state index < -0.39 is 22.0 Å². The molecule has 1 aliphatic heterocycles. The van der Waals surface area contributed by atoms with Crippen molar-refractivity contribution in [1.82, 2.24) is 14.5 Å². The van der Waals surface area contributed by atoms with Crippen LogP contribution in [0, 0.1) is 5.41 Å². The van der Waals surface area contributed by atoms with Crippen LogP contribution < -0.4 is 4.72 Å². The average molecular weight is 478 g/mol. The first-order valence-electron chi connectivity index (χ1n) is 11.5. The molecule has 1 unspecified atom stereocenters. The number of urea groups is 1. The fourth-order valence-corrected chi connectivity index (χ4v) is 5.00. The minimum atomic E-state index is -3.52. The van der Waals surface area contributed by atoms with Crippen LogP contribution in [0.5, 0.6) is 0 Å².